The van der Waals surface area contributed by atoms with Crippen molar-refractivity contribution < 1.29 is 4.79 Å². The van der Waals surface area contributed by atoms with Crippen LogP contribution in [0.1, 0.15) is 40.4 Å². The summed E-state index contributed by atoms with van der Waals surface area (Å²) in [5.41, 5.74) is 8.95. The normalized spacial score (nSPS) is 14.7. The van der Waals surface area contributed by atoms with Gasteiger partial charge in [-0.2, -0.15) is 0 Å². The Morgan fingerprint density at radius 2 is 2.17 bits per heavy atom. The smallest absolute Gasteiger partial charge is 0.248 e. The number of benzene rings is 1. The predicted octanol–water partition coefficient (Wildman–Crippen LogP) is 2.16. The molecule has 4 heteroatoms. The van der Waals surface area contributed by atoms with E-state index in [2.05, 4.69) is 4.98 Å². The molecule has 0 spiro atoms. The number of hydrogen-bond donors (Lipinski definition) is 1. The average molecular weight is 241 g/mol. The molecular formula is C14H15N3O. The van der Waals surface area contributed by atoms with E-state index in [4.69, 9.17) is 5.73 Å². The zero-order valence-corrected chi connectivity index (χ0v) is 10.3. The van der Waals surface area contributed by atoms with Crippen molar-refractivity contribution in [3.05, 3.63) is 47.5 Å². The Balaban J connectivity index is 2.01. The molecule has 0 aliphatic heterocycles. The summed E-state index contributed by atoms with van der Waals surface area (Å²) in [6.07, 6.45) is 6.30. The quantitative estimate of drug-likeness (QED) is 0.895. The summed E-state index contributed by atoms with van der Waals surface area (Å²) in [6.45, 7) is 1.95. The first-order valence-corrected chi connectivity index (χ1v) is 6.09. The van der Waals surface area contributed by atoms with Crippen LogP contribution in [-0.2, 0) is 0 Å². The van der Waals surface area contributed by atoms with Crippen LogP contribution in [0.15, 0.2) is 30.7 Å². The van der Waals surface area contributed by atoms with Crippen LogP contribution in [0.3, 0.4) is 0 Å². The van der Waals surface area contributed by atoms with Crippen LogP contribution < -0.4 is 5.73 Å². The Morgan fingerprint density at radius 1 is 1.39 bits per heavy atom. The fraction of sp³-hybridized carbons (Fsp3) is 0.286. The highest BCUT2D eigenvalue weighted by molar-refractivity contribution is 5.93. The SMILES string of the molecule is Cc1cc(C(N)=O)cc(-n2cnc(C3CC3)c2)c1. The van der Waals surface area contributed by atoms with Crippen LogP contribution >= 0.6 is 0 Å². The Morgan fingerprint density at radius 3 is 2.83 bits per heavy atom. The number of amides is 1. The minimum Gasteiger partial charge on any atom is -0.366 e. The first-order valence-electron chi connectivity index (χ1n) is 6.09. The number of imidazole rings is 1. The van der Waals surface area contributed by atoms with Gasteiger partial charge in [0, 0.05) is 23.4 Å². The molecule has 92 valence electrons. The van der Waals surface area contributed by atoms with Crippen molar-refractivity contribution in [1.82, 2.24) is 9.55 Å². The van der Waals surface area contributed by atoms with E-state index >= 15 is 0 Å². The van der Waals surface area contributed by atoms with Gasteiger partial charge in [0.1, 0.15) is 0 Å². The van der Waals surface area contributed by atoms with Crippen molar-refractivity contribution in [2.24, 2.45) is 5.73 Å². The lowest BCUT2D eigenvalue weighted by molar-refractivity contribution is 0.1000. The van der Waals surface area contributed by atoms with E-state index in [0.717, 1.165) is 16.9 Å². The van der Waals surface area contributed by atoms with Crippen LogP contribution in [0.4, 0.5) is 0 Å². The molecular weight excluding hydrogens is 226 g/mol. The van der Waals surface area contributed by atoms with Gasteiger partial charge in [0.2, 0.25) is 5.91 Å². The third kappa shape index (κ3) is 2.01. The maximum absolute atomic E-state index is 11.3. The molecule has 1 amide bonds. The van der Waals surface area contributed by atoms with E-state index < -0.39 is 5.91 Å². The molecule has 1 aromatic carbocycles. The number of carbonyl (C=O) groups is 1. The number of aryl methyl sites for hydroxylation is 1. The second-order valence-electron chi connectivity index (χ2n) is 4.90. The Hall–Kier alpha value is -2.10. The fourth-order valence-corrected chi connectivity index (χ4v) is 2.12. The molecule has 2 aromatic rings. The summed E-state index contributed by atoms with van der Waals surface area (Å²) in [7, 11) is 0. The molecule has 3 rings (SSSR count). The van der Waals surface area contributed by atoms with E-state index in [1.165, 1.54) is 12.8 Å². The van der Waals surface area contributed by atoms with Crippen molar-refractivity contribution in [3.63, 3.8) is 0 Å². The van der Waals surface area contributed by atoms with Crippen LogP contribution in [-0.4, -0.2) is 15.5 Å². The van der Waals surface area contributed by atoms with Gasteiger partial charge in [0.15, 0.2) is 0 Å². The standard InChI is InChI=1S/C14H15N3O/c1-9-4-11(14(15)18)6-12(5-9)17-7-13(16-8-17)10-2-3-10/h4-8,10H,2-3H2,1H3,(H2,15,18). The van der Waals surface area contributed by atoms with E-state index in [1.807, 2.05) is 23.8 Å². The second-order valence-corrected chi connectivity index (χ2v) is 4.90. The Labute approximate surface area is 105 Å². The van der Waals surface area contributed by atoms with E-state index in [9.17, 15) is 4.79 Å². The molecule has 2 N–H and O–H groups in total. The highest BCUT2D eigenvalue weighted by Crippen LogP contribution is 2.39. The number of nitrogens with two attached hydrogens (primary N) is 1. The number of primary amides is 1. The highest BCUT2D eigenvalue weighted by atomic mass is 16.1. The Kier molecular flexibility index (Phi) is 2.44. The van der Waals surface area contributed by atoms with Crippen LogP contribution in [0, 0.1) is 6.92 Å². The lowest BCUT2D eigenvalue weighted by Gasteiger charge is -2.06. The highest BCUT2D eigenvalue weighted by Gasteiger charge is 2.25. The number of aromatic nitrogens is 2. The summed E-state index contributed by atoms with van der Waals surface area (Å²) in [5, 5.41) is 0. The van der Waals surface area contributed by atoms with Gasteiger partial charge < -0.3 is 10.3 Å². The summed E-state index contributed by atoms with van der Waals surface area (Å²) >= 11 is 0. The maximum atomic E-state index is 11.3. The lowest BCUT2D eigenvalue weighted by Crippen LogP contribution is -2.11. The van der Waals surface area contributed by atoms with E-state index in [1.54, 1.807) is 18.5 Å². The summed E-state index contributed by atoms with van der Waals surface area (Å²) in [6, 6.07) is 5.61. The summed E-state index contributed by atoms with van der Waals surface area (Å²) < 4.78 is 1.95. The molecule has 4 nitrogen and oxygen atoms in total. The second kappa shape index (κ2) is 3.98. The van der Waals surface area contributed by atoms with Gasteiger partial charge in [0.05, 0.1) is 12.0 Å². The first-order chi connectivity index (χ1) is 8.63. The molecule has 1 aromatic heterocycles. The van der Waals surface area contributed by atoms with Gasteiger partial charge in [-0.25, -0.2) is 4.98 Å². The van der Waals surface area contributed by atoms with Crippen molar-refractivity contribution in [3.8, 4) is 5.69 Å². The molecule has 1 fully saturated rings. The minimum atomic E-state index is -0.400. The molecule has 0 radical (unpaired) electrons. The number of nitrogens with zero attached hydrogens (tertiary/aromatic N) is 2. The van der Waals surface area contributed by atoms with Crippen molar-refractivity contribution in [1.29, 1.82) is 0 Å². The molecule has 0 atom stereocenters. The van der Waals surface area contributed by atoms with Crippen LogP contribution in [0.2, 0.25) is 0 Å². The van der Waals surface area contributed by atoms with Crippen molar-refractivity contribution in [2.45, 2.75) is 25.7 Å². The van der Waals surface area contributed by atoms with Gasteiger partial charge in [-0.1, -0.05) is 0 Å². The zero-order chi connectivity index (χ0) is 12.7. The molecule has 18 heavy (non-hydrogen) atoms. The summed E-state index contributed by atoms with van der Waals surface area (Å²) in [5.74, 6) is 0.231. The largest absolute Gasteiger partial charge is 0.366 e. The van der Waals surface area contributed by atoms with Crippen LogP contribution in [0.25, 0.3) is 5.69 Å². The fourth-order valence-electron chi connectivity index (χ4n) is 2.12. The molecule has 1 aliphatic carbocycles. The maximum Gasteiger partial charge on any atom is 0.248 e. The molecule has 1 heterocycles. The molecule has 1 saturated carbocycles. The zero-order valence-electron chi connectivity index (χ0n) is 10.3. The van der Waals surface area contributed by atoms with Gasteiger partial charge >= 0.3 is 0 Å². The molecule has 1 aliphatic rings. The third-order valence-electron chi connectivity index (χ3n) is 3.24. The minimum absolute atomic E-state index is 0.400. The lowest BCUT2D eigenvalue weighted by atomic mass is 10.1. The Bertz CT molecular complexity index is 611. The predicted molar refractivity (Wildman–Crippen MR) is 68.8 cm³/mol. The van der Waals surface area contributed by atoms with E-state index in [-0.39, 0.29) is 0 Å². The van der Waals surface area contributed by atoms with Crippen molar-refractivity contribution in [2.75, 3.05) is 0 Å². The van der Waals surface area contributed by atoms with Crippen molar-refractivity contribution >= 4 is 5.91 Å². The molecule has 0 unspecified atom stereocenters. The van der Waals surface area contributed by atoms with Crippen LogP contribution in [0.5, 0.6) is 0 Å². The van der Waals surface area contributed by atoms with Gasteiger partial charge in [-0.15, -0.1) is 0 Å². The van der Waals surface area contributed by atoms with Gasteiger partial charge in [-0.05, 0) is 43.5 Å². The molecule has 0 saturated heterocycles. The molecule has 0 bridgehead atoms. The first kappa shape index (κ1) is 11.0. The topological polar surface area (TPSA) is 60.9 Å². The van der Waals surface area contributed by atoms with Gasteiger partial charge in [0.25, 0.3) is 0 Å². The van der Waals surface area contributed by atoms with E-state index in [0.29, 0.717) is 11.5 Å². The number of carbonyl (C=O) groups excluding carboxylic acids is 1. The summed E-state index contributed by atoms with van der Waals surface area (Å²) in [4.78, 5) is 15.7. The average Bonchev–Trinajstić information content (AvgIpc) is 3.06. The number of rotatable bonds is 3. The van der Waals surface area contributed by atoms with Gasteiger partial charge in [-0.3, -0.25) is 4.79 Å². The third-order valence-corrected chi connectivity index (χ3v) is 3.24. The monoisotopic (exact) mass is 241 g/mol. The number of hydrogen-bond acceptors (Lipinski definition) is 2.